The Balaban J connectivity index is 1.98. The number of carbonyl (C=O) groups excluding carboxylic acids is 1. The van der Waals surface area contributed by atoms with Gasteiger partial charge in [-0.3, -0.25) is 9.89 Å². The Morgan fingerprint density at radius 2 is 2.17 bits per heavy atom. The summed E-state index contributed by atoms with van der Waals surface area (Å²) in [5, 5.41) is 10.1. The quantitative estimate of drug-likeness (QED) is 0.865. The number of aromatic nitrogens is 2. The average molecular weight is 249 g/mol. The molecule has 2 N–H and O–H groups in total. The Bertz CT molecular complexity index is 411. The van der Waals surface area contributed by atoms with Gasteiger partial charge in [0, 0.05) is 11.7 Å². The smallest absolute Gasteiger partial charge is 0.272 e. The van der Waals surface area contributed by atoms with E-state index in [1.165, 1.54) is 19.3 Å². The SMILES string of the molecule is CC(C)c1cc(C(=O)NC2CCCCC2C)n[nH]1. The lowest BCUT2D eigenvalue weighted by molar-refractivity contribution is 0.0905. The highest BCUT2D eigenvalue weighted by molar-refractivity contribution is 5.92. The minimum absolute atomic E-state index is 0.0445. The van der Waals surface area contributed by atoms with Crippen LogP contribution in [-0.2, 0) is 0 Å². The molecule has 0 aromatic carbocycles. The van der Waals surface area contributed by atoms with Gasteiger partial charge in [0.25, 0.3) is 5.91 Å². The van der Waals surface area contributed by atoms with Crippen LogP contribution in [0.2, 0.25) is 0 Å². The first-order chi connectivity index (χ1) is 8.58. The van der Waals surface area contributed by atoms with Crippen LogP contribution in [0.4, 0.5) is 0 Å². The van der Waals surface area contributed by atoms with E-state index in [4.69, 9.17) is 0 Å². The van der Waals surface area contributed by atoms with Crippen molar-refractivity contribution >= 4 is 5.91 Å². The Hall–Kier alpha value is -1.32. The van der Waals surface area contributed by atoms with Crippen molar-refractivity contribution in [1.82, 2.24) is 15.5 Å². The van der Waals surface area contributed by atoms with E-state index in [1.54, 1.807) is 0 Å². The Morgan fingerprint density at radius 3 is 2.78 bits per heavy atom. The van der Waals surface area contributed by atoms with Crippen molar-refractivity contribution in [2.45, 2.75) is 58.4 Å². The number of rotatable bonds is 3. The molecule has 0 saturated heterocycles. The highest BCUT2D eigenvalue weighted by Gasteiger charge is 2.24. The summed E-state index contributed by atoms with van der Waals surface area (Å²) in [5.74, 6) is 0.899. The summed E-state index contributed by atoms with van der Waals surface area (Å²) in [4.78, 5) is 12.1. The van der Waals surface area contributed by atoms with E-state index in [0.717, 1.165) is 12.1 Å². The molecule has 0 aliphatic heterocycles. The molecule has 4 nitrogen and oxygen atoms in total. The highest BCUT2D eigenvalue weighted by atomic mass is 16.2. The van der Waals surface area contributed by atoms with Gasteiger partial charge < -0.3 is 5.32 Å². The van der Waals surface area contributed by atoms with Gasteiger partial charge in [0.05, 0.1) is 0 Å². The number of amides is 1. The summed E-state index contributed by atoms with van der Waals surface area (Å²) in [7, 11) is 0. The van der Waals surface area contributed by atoms with Gasteiger partial charge in [-0.15, -0.1) is 0 Å². The van der Waals surface area contributed by atoms with E-state index >= 15 is 0 Å². The van der Waals surface area contributed by atoms with Crippen LogP contribution in [0.3, 0.4) is 0 Å². The van der Waals surface area contributed by atoms with Crippen LogP contribution in [-0.4, -0.2) is 22.1 Å². The number of nitrogens with one attached hydrogen (secondary N) is 2. The third-order valence-corrected chi connectivity index (χ3v) is 3.88. The van der Waals surface area contributed by atoms with Gasteiger partial charge in [0.1, 0.15) is 5.69 Å². The minimum Gasteiger partial charge on any atom is -0.348 e. The van der Waals surface area contributed by atoms with E-state index in [1.807, 2.05) is 6.07 Å². The molecule has 1 fully saturated rings. The number of hydrogen-bond donors (Lipinski definition) is 2. The van der Waals surface area contributed by atoms with Crippen molar-refractivity contribution < 1.29 is 4.79 Å². The predicted molar refractivity (Wildman–Crippen MR) is 71.6 cm³/mol. The van der Waals surface area contributed by atoms with Gasteiger partial charge in [-0.05, 0) is 30.7 Å². The van der Waals surface area contributed by atoms with Crippen LogP contribution in [0.1, 0.15) is 68.6 Å². The molecule has 0 bridgehead atoms. The van der Waals surface area contributed by atoms with Crippen LogP contribution >= 0.6 is 0 Å². The first kappa shape index (κ1) is 13.1. The average Bonchev–Trinajstić information content (AvgIpc) is 2.81. The zero-order valence-electron chi connectivity index (χ0n) is 11.5. The van der Waals surface area contributed by atoms with E-state index in [0.29, 0.717) is 23.6 Å². The Labute approximate surface area is 109 Å². The fraction of sp³-hybridized carbons (Fsp3) is 0.714. The van der Waals surface area contributed by atoms with E-state index in [9.17, 15) is 4.79 Å². The van der Waals surface area contributed by atoms with E-state index in [-0.39, 0.29) is 5.91 Å². The fourth-order valence-corrected chi connectivity index (χ4v) is 2.52. The molecule has 18 heavy (non-hydrogen) atoms. The number of H-pyrrole nitrogens is 1. The van der Waals surface area contributed by atoms with Gasteiger partial charge in [-0.1, -0.05) is 33.6 Å². The van der Waals surface area contributed by atoms with Crippen LogP contribution < -0.4 is 5.32 Å². The third-order valence-electron chi connectivity index (χ3n) is 3.88. The molecular formula is C14H23N3O. The summed E-state index contributed by atoms with van der Waals surface area (Å²) >= 11 is 0. The molecule has 0 spiro atoms. The topological polar surface area (TPSA) is 57.8 Å². The van der Waals surface area contributed by atoms with Crippen LogP contribution in [0.5, 0.6) is 0 Å². The molecule has 1 aliphatic rings. The van der Waals surface area contributed by atoms with E-state index in [2.05, 4.69) is 36.3 Å². The van der Waals surface area contributed by atoms with Gasteiger partial charge >= 0.3 is 0 Å². The number of carbonyl (C=O) groups is 1. The lowest BCUT2D eigenvalue weighted by Crippen LogP contribution is -2.41. The maximum absolute atomic E-state index is 12.1. The van der Waals surface area contributed by atoms with Crippen molar-refractivity contribution in [2.75, 3.05) is 0 Å². The zero-order chi connectivity index (χ0) is 13.1. The van der Waals surface area contributed by atoms with Crippen molar-refractivity contribution in [3.05, 3.63) is 17.5 Å². The van der Waals surface area contributed by atoms with Crippen LogP contribution in [0.15, 0.2) is 6.07 Å². The molecule has 4 heteroatoms. The molecule has 1 heterocycles. The second-order valence-electron chi connectivity index (χ2n) is 5.70. The number of hydrogen-bond acceptors (Lipinski definition) is 2. The van der Waals surface area contributed by atoms with Crippen LogP contribution in [0.25, 0.3) is 0 Å². The lowest BCUT2D eigenvalue weighted by Gasteiger charge is -2.29. The molecule has 2 atom stereocenters. The maximum Gasteiger partial charge on any atom is 0.272 e. The minimum atomic E-state index is -0.0445. The second-order valence-corrected chi connectivity index (χ2v) is 5.70. The fourth-order valence-electron chi connectivity index (χ4n) is 2.52. The third kappa shape index (κ3) is 2.92. The molecular weight excluding hydrogens is 226 g/mol. The summed E-state index contributed by atoms with van der Waals surface area (Å²) in [5.41, 5.74) is 1.52. The van der Waals surface area contributed by atoms with Gasteiger partial charge in [-0.2, -0.15) is 5.10 Å². The molecule has 100 valence electrons. The normalized spacial score (nSPS) is 24.2. The summed E-state index contributed by atoms with van der Waals surface area (Å²) in [6.07, 6.45) is 4.80. The van der Waals surface area contributed by atoms with E-state index < -0.39 is 0 Å². The number of aromatic amines is 1. The molecule has 1 aromatic rings. The first-order valence-corrected chi connectivity index (χ1v) is 6.94. The highest BCUT2D eigenvalue weighted by Crippen LogP contribution is 2.24. The summed E-state index contributed by atoms with van der Waals surface area (Å²) in [6, 6.07) is 2.17. The Kier molecular flexibility index (Phi) is 4.04. The van der Waals surface area contributed by atoms with Crippen molar-refractivity contribution in [3.63, 3.8) is 0 Å². The molecule has 1 aromatic heterocycles. The van der Waals surface area contributed by atoms with Gasteiger partial charge in [0.2, 0.25) is 0 Å². The zero-order valence-corrected chi connectivity index (χ0v) is 11.5. The van der Waals surface area contributed by atoms with Crippen molar-refractivity contribution in [1.29, 1.82) is 0 Å². The maximum atomic E-state index is 12.1. The monoisotopic (exact) mass is 249 g/mol. The summed E-state index contributed by atoms with van der Waals surface area (Å²) in [6.45, 7) is 6.38. The van der Waals surface area contributed by atoms with Crippen LogP contribution in [0, 0.1) is 5.92 Å². The second kappa shape index (κ2) is 5.55. The molecule has 2 rings (SSSR count). The lowest BCUT2D eigenvalue weighted by atomic mass is 9.86. The Morgan fingerprint density at radius 1 is 1.44 bits per heavy atom. The summed E-state index contributed by atoms with van der Waals surface area (Å²) < 4.78 is 0. The largest absolute Gasteiger partial charge is 0.348 e. The van der Waals surface area contributed by atoms with Gasteiger partial charge in [-0.25, -0.2) is 0 Å². The standard InChI is InChI=1S/C14H23N3O/c1-9(2)12-8-13(17-16-12)14(18)15-11-7-5-4-6-10(11)3/h8-11H,4-7H2,1-3H3,(H,15,18)(H,16,17). The predicted octanol–water partition coefficient (Wildman–Crippen LogP) is 2.84. The number of nitrogens with zero attached hydrogens (tertiary/aromatic N) is 1. The molecule has 1 amide bonds. The molecule has 1 aliphatic carbocycles. The molecule has 0 radical (unpaired) electrons. The van der Waals surface area contributed by atoms with Gasteiger partial charge in [0.15, 0.2) is 0 Å². The molecule has 2 unspecified atom stereocenters. The first-order valence-electron chi connectivity index (χ1n) is 6.94. The van der Waals surface area contributed by atoms with Crippen molar-refractivity contribution in [3.8, 4) is 0 Å². The van der Waals surface area contributed by atoms with Crippen molar-refractivity contribution in [2.24, 2.45) is 5.92 Å². The molecule has 1 saturated carbocycles.